The molecule has 0 radical (unpaired) electrons. The van der Waals surface area contributed by atoms with Crippen molar-refractivity contribution in [3.8, 4) is 11.1 Å². The Kier molecular flexibility index (Phi) is 5.52. The summed E-state index contributed by atoms with van der Waals surface area (Å²) in [7, 11) is 4.06. The summed E-state index contributed by atoms with van der Waals surface area (Å²) < 4.78 is 10.3. The van der Waals surface area contributed by atoms with Gasteiger partial charge in [-0.05, 0) is 76.6 Å². The third kappa shape index (κ3) is 3.81. The summed E-state index contributed by atoms with van der Waals surface area (Å²) >= 11 is 1.77. The van der Waals surface area contributed by atoms with Crippen LogP contribution in [-0.2, 0) is 36.5 Å². The molecule has 1 aliphatic carbocycles. The van der Waals surface area contributed by atoms with E-state index in [1.54, 1.807) is 11.3 Å². The monoisotopic (exact) mass is 478 g/mol. The molecule has 0 saturated carbocycles. The number of rotatable bonds is 4. The van der Waals surface area contributed by atoms with Gasteiger partial charge >= 0.3 is 5.97 Å². The average Bonchev–Trinajstić information content (AvgIpc) is 3.26. The number of aryl methyl sites for hydroxylation is 5. The first-order valence-corrected chi connectivity index (χ1v) is 12.7. The molecular formula is C27H32N3O3S+. The number of nitrogens with zero attached hydrogens (tertiary/aromatic N) is 3. The van der Waals surface area contributed by atoms with Gasteiger partial charge in [0.25, 0.3) is 0 Å². The van der Waals surface area contributed by atoms with Crippen molar-refractivity contribution in [2.24, 2.45) is 14.1 Å². The topological polar surface area (TPSA) is 68.2 Å². The quantitative estimate of drug-likeness (QED) is 0.399. The second-order valence-electron chi connectivity index (χ2n) is 10.3. The number of carboxylic acids is 1. The lowest BCUT2D eigenvalue weighted by molar-refractivity contribution is -0.748. The molecular weight excluding hydrogens is 446 g/mol. The lowest BCUT2D eigenvalue weighted by Gasteiger charge is -2.28. The molecule has 0 bridgehead atoms. The first kappa shape index (κ1) is 23.0. The van der Waals surface area contributed by atoms with Gasteiger partial charge in [-0.3, -0.25) is 0 Å². The van der Waals surface area contributed by atoms with Crippen molar-refractivity contribution in [1.82, 2.24) is 9.67 Å². The number of aliphatic carboxylic acids is 1. The van der Waals surface area contributed by atoms with E-state index in [1.165, 1.54) is 16.9 Å². The molecule has 178 valence electrons. The molecule has 1 aromatic carbocycles. The number of carboxylic acid groups (broad SMARTS) is 1. The second kappa shape index (κ2) is 8.17. The Morgan fingerprint density at radius 3 is 2.71 bits per heavy atom. The minimum absolute atomic E-state index is 0.618. The molecule has 34 heavy (non-hydrogen) atoms. The van der Waals surface area contributed by atoms with Crippen LogP contribution < -0.4 is 4.68 Å². The normalized spacial score (nSPS) is 15.1. The summed E-state index contributed by atoms with van der Waals surface area (Å²) in [6.07, 6.45) is 5.42. The van der Waals surface area contributed by atoms with E-state index in [1.807, 2.05) is 41.8 Å². The van der Waals surface area contributed by atoms with Crippen molar-refractivity contribution in [3.05, 3.63) is 46.1 Å². The molecule has 6 nitrogen and oxygen atoms in total. The molecule has 0 amide bonds. The van der Waals surface area contributed by atoms with Gasteiger partial charge in [0.05, 0.1) is 18.0 Å². The van der Waals surface area contributed by atoms with E-state index in [0.717, 1.165) is 57.2 Å². The van der Waals surface area contributed by atoms with Crippen molar-refractivity contribution >= 4 is 38.4 Å². The number of thiophene rings is 1. The molecule has 3 aromatic heterocycles. The molecule has 0 spiro atoms. The molecule has 0 saturated heterocycles. The SMILES string of the molecule is Cc1nc2sc3c(c2c(-c2ccc4c(c2)c[n+](C)n4C)c1C(OC(C)(C)C)C(=O)O)CCCC3. The van der Waals surface area contributed by atoms with E-state index < -0.39 is 17.7 Å². The Bertz CT molecular complexity index is 1440. The Balaban J connectivity index is 1.87. The van der Waals surface area contributed by atoms with Gasteiger partial charge in [0.2, 0.25) is 6.20 Å². The van der Waals surface area contributed by atoms with Crippen LogP contribution in [0.15, 0.2) is 24.4 Å². The fourth-order valence-electron chi connectivity index (χ4n) is 5.19. The Hall–Kier alpha value is -2.77. The first-order chi connectivity index (χ1) is 16.0. The highest BCUT2D eigenvalue weighted by Crippen LogP contribution is 2.46. The fraction of sp³-hybridized carbons (Fsp3) is 0.444. The molecule has 5 rings (SSSR count). The lowest BCUT2D eigenvalue weighted by atomic mass is 9.87. The van der Waals surface area contributed by atoms with Crippen LogP contribution in [-0.4, -0.2) is 26.3 Å². The summed E-state index contributed by atoms with van der Waals surface area (Å²) in [5.74, 6) is -0.989. The number of benzene rings is 1. The summed E-state index contributed by atoms with van der Waals surface area (Å²) in [6, 6.07) is 6.41. The largest absolute Gasteiger partial charge is 0.479 e. The predicted molar refractivity (Wildman–Crippen MR) is 135 cm³/mol. The molecule has 4 aromatic rings. The maximum atomic E-state index is 12.6. The highest BCUT2D eigenvalue weighted by atomic mass is 32.1. The van der Waals surface area contributed by atoms with Crippen molar-refractivity contribution < 1.29 is 19.3 Å². The smallest absolute Gasteiger partial charge is 0.337 e. The Morgan fingerprint density at radius 1 is 1.26 bits per heavy atom. The Morgan fingerprint density at radius 2 is 2.00 bits per heavy atom. The van der Waals surface area contributed by atoms with Crippen LogP contribution in [0.1, 0.15) is 61.4 Å². The van der Waals surface area contributed by atoms with E-state index in [-0.39, 0.29) is 0 Å². The Labute approximate surface area is 203 Å². The number of aromatic nitrogens is 3. The van der Waals surface area contributed by atoms with Crippen LogP contribution >= 0.6 is 11.3 Å². The van der Waals surface area contributed by atoms with Gasteiger partial charge in [-0.1, -0.05) is 6.07 Å². The van der Waals surface area contributed by atoms with Crippen molar-refractivity contribution in [1.29, 1.82) is 0 Å². The van der Waals surface area contributed by atoms with Gasteiger partial charge in [0, 0.05) is 27.1 Å². The number of carbonyl (C=O) groups is 1. The van der Waals surface area contributed by atoms with E-state index in [2.05, 4.69) is 33.8 Å². The molecule has 1 N–H and O–H groups in total. The van der Waals surface area contributed by atoms with Crippen molar-refractivity contribution in [3.63, 3.8) is 0 Å². The highest BCUT2D eigenvalue weighted by molar-refractivity contribution is 7.19. The number of pyridine rings is 1. The average molecular weight is 479 g/mol. The fourth-order valence-corrected chi connectivity index (χ4v) is 6.51. The zero-order chi connectivity index (χ0) is 24.4. The molecule has 1 atom stereocenters. The molecule has 3 heterocycles. The zero-order valence-electron chi connectivity index (χ0n) is 20.7. The van der Waals surface area contributed by atoms with Crippen LogP contribution in [0, 0.1) is 6.92 Å². The number of hydrogen-bond acceptors (Lipinski definition) is 4. The van der Waals surface area contributed by atoms with Gasteiger partial charge in [-0.25, -0.2) is 9.78 Å². The first-order valence-electron chi connectivity index (χ1n) is 11.9. The van der Waals surface area contributed by atoms with E-state index in [9.17, 15) is 9.90 Å². The van der Waals surface area contributed by atoms with Gasteiger partial charge in [-0.2, -0.15) is 4.68 Å². The van der Waals surface area contributed by atoms with Crippen LogP contribution in [0.4, 0.5) is 0 Å². The highest BCUT2D eigenvalue weighted by Gasteiger charge is 2.34. The van der Waals surface area contributed by atoms with Crippen LogP contribution in [0.25, 0.3) is 32.2 Å². The third-order valence-electron chi connectivity index (χ3n) is 6.75. The number of hydrogen-bond donors (Lipinski definition) is 1. The van der Waals surface area contributed by atoms with Gasteiger partial charge < -0.3 is 9.84 Å². The zero-order valence-corrected chi connectivity index (χ0v) is 21.5. The van der Waals surface area contributed by atoms with Gasteiger partial charge in [0.15, 0.2) is 13.2 Å². The summed E-state index contributed by atoms with van der Waals surface area (Å²) in [4.78, 5) is 19.9. The minimum atomic E-state index is -1.10. The summed E-state index contributed by atoms with van der Waals surface area (Å²) in [6.45, 7) is 7.60. The van der Waals surface area contributed by atoms with E-state index in [4.69, 9.17) is 9.72 Å². The standard InChI is InChI=1S/C27H31N3O3S/c1-15-21(24(26(31)32)33-27(2,3)4)22(16-11-12-19-17(13-16)14-29(5)30(19)6)23-18-9-7-8-10-20(18)34-25(23)28-15/h11-14,24H,7-10H2,1-6H3/p+1. The summed E-state index contributed by atoms with van der Waals surface area (Å²) in [5, 5.41) is 12.5. The maximum Gasteiger partial charge on any atom is 0.337 e. The van der Waals surface area contributed by atoms with Crippen LogP contribution in [0.5, 0.6) is 0 Å². The van der Waals surface area contributed by atoms with E-state index in [0.29, 0.717) is 5.56 Å². The number of fused-ring (bicyclic) bond motifs is 4. The van der Waals surface area contributed by atoms with Crippen molar-refractivity contribution in [2.45, 2.75) is 65.1 Å². The van der Waals surface area contributed by atoms with E-state index >= 15 is 0 Å². The molecule has 7 heteroatoms. The minimum Gasteiger partial charge on any atom is -0.479 e. The molecule has 0 aliphatic heterocycles. The van der Waals surface area contributed by atoms with Crippen LogP contribution in [0.3, 0.4) is 0 Å². The van der Waals surface area contributed by atoms with Crippen LogP contribution in [0.2, 0.25) is 0 Å². The molecule has 1 unspecified atom stereocenters. The molecule has 0 fully saturated rings. The summed E-state index contributed by atoms with van der Waals surface area (Å²) in [5.41, 5.74) is 5.22. The maximum absolute atomic E-state index is 12.6. The van der Waals surface area contributed by atoms with Gasteiger partial charge in [-0.15, -0.1) is 16.0 Å². The third-order valence-corrected chi connectivity index (χ3v) is 7.94. The lowest BCUT2D eigenvalue weighted by Crippen LogP contribution is -2.35. The molecule has 1 aliphatic rings. The van der Waals surface area contributed by atoms with Gasteiger partial charge in [0.1, 0.15) is 10.3 Å². The van der Waals surface area contributed by atoms with Crippen molar-refractivity contribution in [2.75, 3.05) is 0 Å². The number of ether oxygens (including phenoxy) is 1. The predicted octanol–water partition coefficient (Wildman–Crippen LogP) is 5.41. The second-order valence-corrected chi connectivity index (χ2v) is 11.4.